The van der Waals surface area contributed by atoms with Crippen LogP contribution in [0.5, 0.6) is 0 Å². The number of hydrogen-bond donors (Lipinski definition) is 0. The summed E-state index contributed by atoms with van der Waals surface area (Å²) in [6, 6.07) is 13.6. The summed E-state index contributed by atoms with van der Waals surface area (Å²) >= 11 is 1.24. The van der Waals surface area contributed by atoms with Gasteiger partial charge in [0.15, 0.2) is 10.9 Å². The summed E-state index contributed by atoms with van der Waals surface area (Å²) < 4.78 is 15.8. The molecule has 1 aliphatic heterocycles. The Balaban J connectivity index is 1.54. The van der Waals surface area contributed by atoms with Crippen molar-refractivity contribution in [2.45, 2.75) is 31.5 Å². The molecule has 7 heteroatoms. The minimum atomic E-state index is -0.522. The molecule has 156 valence electrons. The van der Waals surface area contributed by atoms with Crippen molar-refractivity contribution in [3.8, 4) is 0 Å². The van der Waals surface area contributed by atoms with Crippen LogP contribution in [-0.4, -0.2) is 45.0 Å². The number of benzene rings is 2. The van der Waals surface area contributed by atoms with Gasteiger partial charge < -0.3 is 9.47 Å². The van der Waals surface area contributed by atoms with Crippen LogP contribution in [0, 0.1) is 11.7 Å². The minimum absolute atomic E-state index is 0.0552. The standard InChI is InChI=1S/C23H24FN3O2S/c1-16-10-12-26(13-11-16)22(29)14-27-20-9-5-4-8-19(20)25-23(27)30-15-21(28)17-6-2-3-7-18(17)24/h2-9,16H,10-15H2,1H3. The van der Waals surface area contributed by atoms with Gasteiger partial charge in [-0.2, -0.15) is 0 Å². The van der Waals surface area contributed by atoms with Gasteiger partial charge in [0.2, 0.25) is 5.91 Å². The average Bonchev–Trinajstić information content (AvgIpc) is 3.10. The highest BCUT2D eigenvalue weighted by Gasteiger charge is 2.23. The van der Waals surface area contributed by atoms with Gasteiger partial charge in [-0.15, -0.1) is 0 Å². The van der Waals surface area contributed by atoms with E-state index in [1.807, 2.05) is 33.7 Å². The quantitative estimate of drug-likeness (QED) is 0.434. The number of amides is 1. The van der Waals surface area contributed by atoms with E-state index < -0.39 is 5.82 Å². The number of halogens is 1. The number of imidazole rings is 1. The molecule has 1 aliphatic rings. The molecule has 1 amide bonds. The van der Waals surface area contributed by atoms with E-state index in [9.17, 15) is 14.0 Å². The maximum absolute atomic E-state index is 13.9. The van der Waals surface area contributed by atoms with Gasteiger partial charge in [0.25, 0.3) is 0 Å². The molecule has 0 unspecified atom stereocenters. The normalized spacial score (nSPS) is 14.9. The molecule has 1 aromatic heterocycles. The van der Waals surface area contributed by atoms with E-state index in [1.54, 1.807) is 12.1 Å². The fraction of sp³-hybridized carbons (Fsp3) is 0.348. The van der Waals surface area contributed by atoms with Crippen molar-refractivity contribution in [1.29, 1.82) is 0 Å². The Bertz CT molecular complexity index is 1070. The Labute approximate surface area is 179 Å². The molecule has 0 N–H and O–H groups in total. The SMILES string of the molecule is CC1CCN(C(=O)Cn2c(SCC(=O)c3ccccc3F)nc3ccccc32)CC1. The number of likely N-dealkylation sites (tertiary alicyclic amines) is 1. The average molecular weight is 426 g/mol. The third-order valence-corrected chi connectivity index (χ3v) is 6.53. The molecule has 5 nitrogen and oxygen atoms in total. The number of hydrogen-bond acceptors (Lipinski definition) is 4. The third-order valence-electron chi connectivity index (χ3n) is 5.56. The number of fused-ring (bicyclic) bond motifs is 1. The molecule has 4 rings (SSSR count). The number of nitrogens with zero attached hydrogens (tertiary/aromatic N) is 3. The summed E-state index contributed by atoms with van der Waals surface area (Å²) in [5, 5.41) is 0.597. The van der Waals surface area contributed by atoms with E-state index in [0.29, 0.717) is 11.1 Å². The van der Waals surface area contributed by atoms with E-state index in [2.05, 4.69) is 11.9 Å². The van der Waals surface area contributed by atoms with Crippen LogP contribution in [0.15, 0.2) is 53.7 Å². The Morgan fingerprint density at radius 1 is 1.10 bits per heavy atom. The highest BCUT2D eigenvalue weighted by Crippen LogP contribution is 2.26. The van der Waals surface area contributed by atoms with Crippen LogP contribution < -0.4 is 0 Å². The summed E-state index contributed by atoms with van der Waals surface area (Å²) in [7, 11) is 0. The Kier molecular flexibility index (Phi) is 6.18. The second-order valence-electron chi connectivity index (χ2n) is 7.72. The van der Waals surface area contributed by atoms with Gasteiger partial charge in [0.05, 0.1) is 22.3 Å². The molecule has 0 atom stereocenters. The van der Waals surface area contributed by atoms with Crippen LogP contribution in [0.2, 0.25) is 0 Å². The van der Waals surface area contributed by atoms with E-state index in [4.69, 9.17) is 0 Å². The van der Waals surface area contributed by atoms with Gasteiger partial charge in [-0.25, -0.2) is 9.37 Å². The Hall–Kier alpha value is -2.67. The Morgan fingerprint density at radius 2 is 1.80 bits per heavy atom. The molecule has 0 radical (unpaired) electrons. The van der Waals surface area contributed by atoms with E-state index in [-0.39, 0.29) is 29.6 Å². The first-order valence-corrected chi connectivity index (χ1v) is 11.1. The molecule has 0 aliphatic carbocycles. The second-order valence-corrected chi connectivity index (χ2v) is 8.67. The lowest BCUT2D eigenvalue weighted by molar-refractivity contribution is -0.133. The lowest BCUT2D eigenvalue weighted by Crippen LogP contribution is -2.39. The van der Waals surface area contributed by atoms with Crippen molar-refractivity contribution in [3.63, 3.8) is 0 Å². The van der Waals surface area contributed by atoms with Gasteiger partial charge in [-0.1, -0.05) is 43.0 Å². The molecule has 2 heterocycles. The first kappa shape index (κ1) is 20.6. The monoisotopic (exact) mass is 425 g/mol. The number of carbonyl (C=O) groups is 2. The predicted molar refractivity (Wildman–Crippen MR) is 116 cm³/mol. The molecule has 2 aromatic carbocycles. The first-order valence-electron chi connectivity index (χ1n) is 10.2. The summed E-state index contributed by atoms with van der Waals surface area (Å²) in [6.45, 7) is 3.96. The molecule has 1 fully saturated rings. The van der Waals surface area contributed by atoms with Gasteiger partial charge in [0, 0.05) is 13.1 Å². The van der Waals surface area contributed by atoms with Crippen molar-refractivity contribution in [1.82, 2.24) is 14.5 Å². The van der Waals surface area contributed by atoms with Crippen LogP contribution in [-0.2, 0) is 11.3 Å². The van der Waals surface area contributed by atoms with Crippen LogP contribution in [0.3, 0.4) is 0 Å². The second kappa shape index (κ2) is 9.00. The van der Waals surface area contributed by atoms with Gasteiger partial charge in [-0.05, 0) is 43.0 Å². The zero-order valence-electron chi connectivity index (χ0n) is 16.9. The van der Waals surface area contributed by atoms with Crippen LogP contribution in [0.25, 0.3) is 11.0 Å². The van der Waals surface area contributed by atoms with E-state index in [1.165, 1.54) is 23.9 Å². The fourth-order valence-electron chi connectivity index (χ4n) is 3.70. The van der Waals surface area contributed by atoms with Crippen LogP contribution >= 0.6 is 11.8 Å². The smallest absolute Gasteiger partial charge is 0.242 e. The third kappa shape index (κ3) is 4.41. The zero-order valence-corrected chi connectivity index (χ0v) is 17.7. The summed E-state index contributed by atoms with van der Waals surface area (Å²) in [5.41, 5.74) is 1.71. The largest absolute Gasteiger partial charge is 0.341 e. The van der Waals surface area contributed by atoms with Crippen molar-refractivity contribution in [3.05, 3.63) is 59.9 Å². The number of para-hydroxylation sites is 2. The van der Waals surface area contributed by atoms with Crippen molar-refractivity contribution >= 4 is 34.5 Å². The molecular weight excluding hydrogens is 401 g/mol. The number of aromatic nitrogens is 2. The number of carbonyl (C=O) groups excluding carboxylic acids is 2. The lowest BCUT2D eigenvalue weighted by Gasteiger charge is -2.30. The number of rotatable bonds is 6. The zero-order chi connectivity index (χ0) is 21.1. The Morgan fingerprint density at radius 3 is 2.57 bits per heavy atom. The van der Waals surface area contributed by atoms with Gasteiger partial charge in [0.1, 0.15) is 12.4 Å². The van der Waals surface area contributed by atoms with Crippen LogP contribution in [0.1, 0.15) is 30.1 Å². The number of ketones is 1. The molecule has 0 saturated carbocycles. The maximum Gasteiger partial charge on any atom is 0.242 e. The lowest BCUT2D eigenvalue weighted by atomic mass is 9.99. The molecule has 3 aromatic rings. The van der Waals surface area contributed by atoms with Crippen molar-refractivity contribution in [2.24, 2.45) is 5.92 Å². The van der Waals surface area contributed by atoms with Gasteiger partial charge >= 0.3 is 0 Å². The van der Waals surface area contributed by atoms with Gasteiger partial charge in [-0.3, -0.25) is 9.59 Å². The highest BCUT2D eigenvalue weighted by atomic mass is 32.2. The minimum Gasteiger partial charge on any atom is -0.341 e. The molecular formula is C23H24FN3O2S. The topological polar surface area (TPSA) is 55.2 Å². The van der Waals surface area contributed by atoms with E-state index in [0.717, 1.165) is 37.0 Å². The summed E-state index contributed by atoms with van der Waals surface area (Å²) in [5.74, 6) is -0.0511. The highest BCUT2D eigenvalue weighted by molar-refractivity contribution is 7.99. The summed E-state index contributed by atoms with van der Waals surface area (Å²) in [6.07, 6.45) is 2.05. The maximum atomic E-state index is 13.9. The molecule has 1 saturated heterocycles. The molecule has 30 heavy (non-hydrogen) atoms. The van der Waals surface area contributed by atoms with E-state index >= 15 is 0 Å². The van der Waals surface area contributed by atoms with Crippen molar-refractivity contribution < 1.29 is 14.0 Å². The predicted octanol–water partition coefficient (Wildman–Crippen LogP) is 4.41. The fourth-order valence-corrected chi connectivity index (χ4v) is 4.60. The first-order chi connectivity index (χ1) is 14.5. The van der Waals surface area contributed by atoms with Crippen molar-refractivity contribution in [2.75, 3.05) is 18.8 Å². The summed E-state index contributed by atoms with van der Waals surface area (Å²) in [4.78, 5) is 31.9. The number of piperidine rings is 1. The number of Topliss-reactive ketones (excluding diaryl/α,β-unsaturated/α-hetero) is 1. The van der Waals surface area contributed by atoms with Crippen LogP contribution in [0.4, 0.5) is 4.39 Å². The molecule has 0 spiro atoms. The molecule has 0 bridgehead atoms. The number of thioether (sulfide) groups is 1.